The average Bonchev–Trinajstić information content (AvgIpc) is 2.74. The first-order chi connectivity index (χ1) is 6.65. The van der Waals surface area contributed by atoms with Crippen molar-refractivity contribution < 1.29 is 14.7 Å². The second-order valence-corrected chi connectivity index (χ2v) is 3.95. The molecule has 1 amide bonds. The molecule has 0 unspecified atom stereocenters. The fraction of sp³-hybridized carbons (Fsp3) is 0.600. The van der Waals surface area contributed by atoms with Crippen LogP contribution in [0.3, 0.4) is 0 Å². The van der Waals surface area contributed by atoms with E-state index in [0.717, 1.165) is 6.42 Å². The first-order valence-electron chi connectivity index (χ1n) is 4.78. The molecule has 4 nitrogen and oxygen atoms in total. The highest BCUT2D eigenvalue weighted by molar-refractivity contribution is 5.86. The molecule has 2 bridgehead atoms. The highest BCUT2D eigenvalue weighted by atomic mass is 16.4. The third-order valence-corrected chi connectivity index (χ3v) is 3.29. The standard InChI is InChI=1S/C10H13NO3/c1-11-9(12)7-5-2-3-6(4-5)8(7)10(13)14/h2-3,5-8H,4H2,1H3,(H,11,12)(H,13,14)/t5-,6-,7+,8-/m0/s1. The molecule has 1 saturated carbocycles. The van der Waals surface area contributed by atoms with Gasteiger partial charge in [0.15, 0.2) is 0 Å². The van der Waals surface area contributed by atoms with Crippen LogP contribution >= 0.6 is 0 Å². The van der Waals surface area contributed by atoms with Crippen LogP contribution in [-0.2, 0) is 9.59 Å². The van der Waals surface area contributed by atoms with Crippen LogP contribution < -0.4 is 5.32 Å². The second-order valence-electron chi connectivity index (χ2n) is 3.95. The minimum atomic E-state index is -0.851. The summed E-state index contributed by atoms with van der Waals surface area (Å²) in [6, 6.07) is 0. The van der Waals surface area contributed by atoms with Crippen molar-refractivity contribution in [1.82, 2.24) is 5.32 Å². The molecule has 0 aliphatic heterocycles. The maximum absolute atomic E-state index is 11.5. The predicted molar refractivity (Wildman–Crippen MR) is 49.4 cm³/mol. The van der Waals surface area contributed by atoms with Crippen molar-refractivity contribution in [3.8, 4) is 0 Å². The summed E-state index contributed by atoms with van der Waals surface area (Å²) in [4.78, 5) is 22.5. The van der Waals surface area contributed by atoms with E-state index >= 15 is 0 Å². The Morgan fingerprint density at radius 2 is 1.86 bits per heavy atom. The molecule has 14 heavy (non-hydrogen) atoms. The zero-order valence-corrected chi connectivity index (χ0v) is 7.93. The summed E-state index contributed by atoms with van der Waals surface area (Å²) < 4.78 is 0. The molecule has 0 heterocycles. The molecule has 0 saturated heterocycles. The number of aliphatic carboxylic acids is 1. The van der Waals surface area contributed by atoms with Crippen LogP contribution in [0.5, 0.6) is 0 Å². The molecule has 4 heteroatoms. The summed E-state index contributed by atoms with van der Waals surface area (Å²) in [5.41, 5.74) is 0. The smallest absolute Gasteiger partial charge is 0.307 e. The largest absolute Gasteiger partial charge is 0.481 e. The summed E-state index contributed by atoms with van der Waals surface area (Å²) in [5.74, 6) is -1.71. The zero-order chi connectivity index (χ0) is 10.3. The Morgan fingerprint density at radius 3 is 2.36 bits per heavy atom. The highest BCUT2D eigenvalue weighted by Gasteiger charge is 2.51. The monoisotopic (exact) mass is 195 g/mol. The van der Waals surface area contributed by atoms with E-state index in [9.17, 15) is 9.59 Å². The summed E-state index contributed by atoms with van der Waals surface area (Å²) in [5, 5.41) is 11.6. The molecular formula is C10H13NO3. The topological polar surface area (TPSA) is 66.4 Å². The highest BCUT2D eigenvalue weighted by Crippen LogP contribution is 2.48. The molecule has 4 atom stereocenters. The molecule has 76 valence electrons. The van der Waals surface area contributed by atoms with E-state index in [2.05, 4.69) is 5.32 Å². The van der Waals surface area contributed by atoms with Gasteiger partial charge in [-0.1, -0.05) is 12.2 Å². The summed E-state index contributed by atoms with van der Waals surface area (Å²) in [7, 11) is 1.55. The molecule has 0 radical (unpaired) electrons. The van der Waals surface area contributed by atoms with E-state index in [0.29, 0.717) is 0 Å². The maximum Gasteiger partial charge on any atom is 0.307 e. The Hall–Kier alpha value is -1.32. The molecule has 2 N–H and O–H groups in total. The van der Waals surface area contributed by atoms with Gasteiger partial charge in [-0.2, -0.15) is 0 Å². The number of fused-ring (bicyclic) bond motifs is 2. The average molecular weight is 195 g/mol. The van der Waals surface area contributed by atoms with E-state index < -0.39 is 11.9 Å². The molecule has 1 fully saturated rings. The van der Waals surface area contributed by atoms with E-state index in [1.807, 2.05) is 12.2 Å². The molecule has 2 aliphatic carbocycles. The van der Waals surface area contributed by atoms with Crippen LogP contribution in [0.4, 0.5) is 0 Å². The number of hydrogen-bond donors (Lipinski definition) is 2. The quantitative estimate of drug-likeness (QED) is 0.621. The summed E-state index contributed by atoms with van der Waals surface area (Å²) >= 11 is 0. The van der Waals surface area contributed by atoms with Crippen molar-refractivity contribution >= 4 is 11.9 Å². The maximum atomic E-state index is 11.5. The van der Waals surface area contributed by atoms with Crippen molar-refractivity contribution in [2.75, 3.05) is 7.05 Å². The van der Waals surface area contributed by atoms with Gasteiger partial charge in [0.05, 0.1) is 11.8 Å². The van der Waals surface area contributed by atoms with E-state index in [1.165, 1.54) is 0 Å². The SMILES string of the molecule is CNC(=O)[C@H]1[C@@H](C(=O)O)[C@H]2C=C[C@H]1C2. The van der Waals surface area contributed by atoms with Crippen LogP contribution in [-0.4, -0.2) is 24.0 Å². The summed E-state index contributed by atoms with van der Waals surface area (Å²) in [6.07, 6.45) is 4.72. The minimum absolute atomic E-state index is 0.0554. The Kier molecular flexibility index (Phi) is 2.06. The number of carbonyl (C=O) groups excluding carboxylic acids is 1. The van der Waals surface area contributed by atoms with Gasteiger partial charge >= 0.3 is 5.97 Å². The van der Waals surface area contributed by atoms with E-state index in [4.69, 9.17) is 5.11 Å². The number of allylic oxidation sites excluding steroid dienone is 2. The van der Waals surface area contributed by atoms with Crippen molar-refractivity contribution in [2.24, 2.45) is 23.7 Å². The molecule has 2 rings (SSSR count). The number of carboxylic acid groups (broad SMARTS) is 1. The lowest BCUT2D eigenvalue weighted by Gasteiger charge is -2.22. The van der Waals surface area contributed by atoms with Gasteiger partial charge in [0.2, 0.25) is 5.91 Å². The number of amides is 1. The second kappa shape index (κ2) is 3.12. The Balaban J connectivity index is 2.26. The number of carbonyl (C=O) groups is 2. The van der Waals surface area contributed by atoms with Gasteiger partial charge in [0.25, 0.3) is 0 Å². The lowest BCUT2D eigenvalue weighted by Crippen LogP contribution is -2.38. The Labute approximate surface area is 82.0 Å². The number of nitrogens with one attached hydrogen (secondary N) is 1. The van der Waals surface area contributed by atoms with E-state index in [-0.39, 0.29) is 23.7 Å². The molecule has 0 aromatic heterocycles. The first-order valence-corrected chi connectivity index (χ1v) is 4.78. The molecule has 0 aromatic rings. The zero-order valence-electron chi connectivity index (χ0n) is 7.93. The molecular weight excluding hydrogens is 182 g/mol. The summed E-state index contributed by atoms with van der Waals surface area (Å²) in [6.45, 7) is 0. The lowest BCUT2D eigenvalue weighted by molar-refractivity contribution is -0.147. The minimum Gasteiger partial charge on any atom is -0.481 e. The van der Waals surface area contributed by atoms with Crippen LogP contribution in [0.15, 0.2) is 12.2 Å². The Morgan fingerprint density at radius 1 is 1.29 bits per heavy atom. The number of carboxylic acids is 1. The molecule has 0 spiro atoms. The van der Waals surface area contributed by atoms with Gasteiger partial charge in [-0.25, -0.2) is 0 Å². The van der Waals surface area contributed by atoms with Crippen molar-refractivity contribution in [2.45, 2.75) is 6.42 Å². The Bertz CT molecular complexity index is 310. The van der Waals surface area contributed by atoms with Crippen LogP contribution in [0.25, 0.3) is 0 Å². The van der Waals surface area contributed by atoms with Crippen molar-refractivity contribution in [3.05, 3.63) is 12.2 Å². The van der Waals surface area contributed by atoms with Crippen molar-refractivity contribution in [1.29, 1.82) is 0 Å². The first kappa shape index (κ1) is 9.24. The van der Waals surface area contributed by atoms with Crippen LogP contribution in [0, 0.1) is 23.7 Å². The third-order valence-electron chi connectivity index (χ3n) is 3.29. The van der Waals surface area contributed by atoms with Crippen LogP contribution in [0.1, 0.15) is 6.42 Å². The van der Waals surface area contributed by atoms with Gasteiger partial charge in [-0.15, -0.1) is 0 Å². The molecule has 0 aromatic carbocycles. The normalized spacial score (nSPS) is 38.6. The van der Waals surface area contributed by atoms with Gasteiger partial charge in [-0.05, 0) is 18.3 Å². The lowest BCUT2D eigenvalue weighted by atomic mass is 9.82. The molecule has 2 aliphatic rings. The van der Waals surface area contributed by atoms with Gasteiger partial charge in [-0.3, -0.25) is 9.59 Å². The van der Waals surface area contributed by atoms with Gasteiger partial charge in [0, 0.05) is 7.05 Å². The van der Waals surface area contributed by atoms with E-state index in [1.54, 1.807) is 7.05 Å². The fourth-order valence-electron chi connectivity index (χ4n) is 2.68. The van der Waals surface area contributed by atoms with Crippen molar-refractivity contribution in [3.63, 3.8) is 0 Å². The number of rotatable bonds is 2. The van der Waals surface area contributed by atoms with Gasteiger partial charge in [0.1, 0.15) is 0 Å². The third kappa shape index (κ3) is 1.14. The van der Waals surface area contributed by atoms with Gasteiger partial charge < -0.3 is 10.4 Å². The predicted octanol–water partition coefficient (Wildman–Crippen LogP) is 0.255. The van der Waals surface area contributed by atoms with Crippen LogP contribution in [0.2, 0.25) is 0 Å². The number of hydrogen-bond acceptors (Lipinski definition) is 2. The fourth-order valence-corrected chi connectivity index (χ4v) is 2.68.